The van der Waals surface area contributed by atoms with Crippen LogP contribution in [-0.4, -0.2) is 93.5 Å². The number of aryl methyl sites for hydroxylation is 1. The van der Waals surface area contributed by atoms with Gasteiger partial charge in [-0.3, -0.25) is 4.79 Å². The van der Waals surface area contributed by atoms with Crippen molar-refractivity contribution in [2.75, 3.05) is 61.1 Å². The maximum atomic E-state index is 13.8. The van der Waals surface area contributed by atoms with Gasteiger partial charge in [0.05, 0.1) is 18.0 Å². The van der Waals surface area contributed by atoms with E-state index in [0.717, 1.165) is 81.9 Å². The van der Waals surface area contributed by atoms with Crippen LogP contribution in [0.3, 0.4) is 0 Å². The summed E-state index contributed by atoms with van der Waals surface area (Å²) in [6.07, 6.45) is 11.7. The molecule has 2 atom stereocenters. The van der Waals surface area contributed by atoms with Crippen LogP contribution in [0.2, 0.25) is 5.02 Å². The normalized spacial score (nSPS) is 16.2. The number of terminal acetylenes is 1. The molecule has 306 valence electrons. The fourth-order valence-electron chi connectivity index (χ4n) is 8.03. The van der Waals surface area contributed by atoms with Gasteiger partial charge in [0.15, 0.2) is 22.1 Å². The van der Waals surface area contributed by atoms with Gasteiger partial charge < -0.3 is 31.9 Å². The van der Waals surface area contributed by atoms with Crippen molar-refractivity contribution in [3.63, 3.8) is 0 Å². The third kappa shape index (κ3) is 8.97. The van der Waals surface area contributed by atoms with Crippen LogP contribution in [0.5, 0.6) is 0 Å². The third-order valence-electron chi connectivity index (χ3n) is 10.9. The number of rotatable bonds is 17. The molecule has 0 saturated carbocycles. The minimum absolute atomic E-state index is 0.118. The summed E-state index contributed by atoms with van der Waals surface area (Å²) in [5, 5.41) is 24.6. The number of carbonyl (C=O) groups excluding carboxylic acids is 1. The average Bonchev–Trinajstić information content (AvgIpc) is 3.95. The first-order chi connectivity index (χ1) is 28.8. The van der Waals surface area contributed by atoms with E-state index in [1.165, 1.54) is 35.9 Å². The van der Waals surface area contributed by atoms with Crippen molar-refractivity contribution < 1.29 is 4.79 Å². The van der Waals surface area contributed by atoms with Crippen LogP contribution in [0, 0.1) is 12.3 Å². The smallest absolute Gasteiger partial charge is 0.263 e. The number of nitrogens with one attached hydrogen (secondary N) is 4. The van der Waals surface area contributed by atoms with Crippen molar-refractivity contribution >= 4 is 79.2 Å². The van der Waals surface area contributed by atoms with Crippen molar-refractivity contribution in [1.82, 2.24) is 40.6 Å². The average molecular weight is 850 g/mol. The summed E-state index contributed by atoms with van der Waals surface area (Å²) in [4.78, 5) is 32.1. The van der Waals surface area contributed by atoms with Gasteiger partial charge in [0.25, 0.3) is 5.91 Å². The van der Waals surface area contributed by atoms with Crippen LogP contribution in [0.1, 0.15) is 59.1 Å². The molecular weight excluding hydrogens is 800 g/mol. The van der Waals surface area contributed by atoms with Crippen molar-refractivity contribution in [3.8, 4) is 23.5 Å². The number of pyridine rings is 1. The van der Waals surface area contributed by atoms with Gasteiger partial charge in [-0.2, -0.15) is 0 Å². The Hall–Kier alpha value is -4.98. The lowest BCUT2D eigenvalue weighted by molar-refractivity contribution is 0.0959. The van der Waals surface area contributed by atoms with Crippen molar-refractivity contribution in [2.45, 2.75) is 69.2 Å². The summed E-state index contributed by atoms with van der Waals surface area (Å²) < 4.78 is 1.77. The minimum atomic E-state index is -0.118. The van der Waals surface area contributed by atoms with Gasteiger partial charge in [-0.25, -0.2) is 19.6 Å². The number of nitrogens with zero attached hydrogens (tertiary/aromatic N) is 7. The van der Waals surface area contributed by atoms with Gasteiger partial charge in [-0.1, -0.05) is 60.0 Å². The second kappa shape index (κ2) is 18.5. The monoisotopic (exact) mass is 848 g/mol. The van der Waals surface area contributed by atoms with Gasteiger partial charge in [0.2, 0.25) is 0 Å². The number of halogens is 1. The Bertz CT molecular complexity index is 2500. The topological polar surface area (TPSA) is 164 Å². The number of thiophene rings is 1. The number of benzene rings is 2. The summed E-state index contributed by atoms with van der Waals surface area (Å²) in [6.45, 7) is 5.91. The van der Waals surface area contributed by atoms with Crippen LogP contribution in [0.4, 0.5) is 17.2 Å². The molecular formula is C43H49ClN12OS2. The van der Waals surface area contributed by atoms with Gasteiger partial charge >= 0.3 is 0 Å². The van der Waals surface area contributed by atoms with E-state index in [-0.39, 0.29) is 5.91 Å². The number of carbonyl (C=O) groups is 1. The fourth-order valence-corrected chi connectivity index (χ4v) is 9.88. The second-order valence-electron chi connectivity index (χ2n) is 15.0. The zero-order chi connectivity index (χ0) is 40.9. The number of anilines is 3. The van der Waals surface area contributed by atoms with Crippen LogP contribution in [0.15, 0.2) is 53.7 Å². The molecule has 8 rings (SSSR count). The Morgan fingerprint density at radius 2 is 1.92 bits per heavy atom. The molecule has 0 radical (unpaired) electrons. The van der Waals surface area contributed by atoms with Gasteiger partial charge in [0, 0.05) is 79.2 Å². The Labute approximate surface area is 357 Å². The summed E-state index contributed by atoms with van der Waals surface area (Å²) in [5.74, 6) is 3.53. The Kier molecular flexibility index (Phi) is 12.8. The second-order valence-corrected chi connectivity index (χ2v) is 17.4. The van der Waals surface area contributed by atoms with E-state index in [1.54, 1.807) is 4.68 Å². The molecule has 2 aromatic carbocycles. The molecule has 2 aliphatic heterocycles. The molecule has 1 amide bonds. The quantitative estimate of drug-likeness (QED) is 0.0381. The molecule has 0 unspecified atom stereocenters. The van der Waals surface area contributed by atoms with E-state index in [1.807, 2.05) is 19.2 Å². The fraction of sp³-hybridized carbons (Fsp3) is 0.395. The van der Waals surface area contributed by atoms with E-state index in [9.17, 15) is 4.79 Å². The number of nitrogens with two attached hydrogens (primary N) is 1. The lowest BCUT2D eigenvalue weighted by atomic mass is 9.95. The highest BCUT2D eigenvalue weighted by atomic mass is 35.5. The van der Waals surface area contributed by atoms with Crippen LogP contribution >= 0.6 is 34.7 Å². The Morgan fingerprint density at radius 3 is 2.69 bits per heavy atom. The highest BCUT2D eigenvalue weighted by Crippen LogP contribution is 2.37. The Balaban J connectivity index is 1.08. The number of aromatic nitrogens is 6. The standard InChI is InChI=1S/C43H49ClN12OS2/c1-4-6-7-28-12-14-32-36(46-3)38(59-42(32)50-28)41(57)48-18-16-27-9-13-31(55-24-29-10-11-30(25-55)49-29)22-33(27)34-21-26(8-15-35(34)44)23-56-40-37(53-54-56)39(47-19-17-45)51-43(52-40)58-20-5-2/h2,8-9,12-15,21-22,29-30,46,49H,4,6-7,10-11,16-20,23-25,45H2,1,3H3,(H,48,57)(H,47,51,52)/t29-,30+. The number of fused-ring (bicyclic) bond motifs is 4. The molecule has 6 aromatic rings. The van der Waals surface area contributed by atoms with E-state index in [2.05, 4.69) is 90.7 Å². The lowest BCUT2D eigenvalue weighted by Gasteiger charge is -2.35. The van der Waals surface area contributed by atoms with Crippen molar-refractivity contribution in [2.24, 2.45) is 5.73 Å². The molecule has 2 fully saturated rings. The van der Waals surface area contributed by atoms with Crippen LogP contribution < -0.4 is 31.9 Å². The zero-order valence-corrected chi connectivity index (χ0v) is 35.7. The number of hydrogen-bond donors (Lipinski definition) is 5. The van der Waals surface area contributed by atoms with Gasteiger partial charge in [0.1, 0.15) is 9.71 Å². The maximum Gasteiger partial charge on any atom is 0.263 e. The summed E-state index contributed by atoms with van der Waals surface area (Å²) in [7, 11) is 1.85. The summed E-state index contributed by atoms with van der Waals surface area (Å²) in [5.41, 5.74) is 14.0. The molecule has 13 nitrogen and oxygen atoms in total. The third-order valence-corrected chi connectivity index (χ3v) is 13.1. The predicted molar refractivity (Wildman–Crippen MR) is 242 cm³/mol. The number of hydrogen-bond acceptors (Lipinski definition) is 13. The van der Waals surface area contributed by atoms with Crippen LogP contribution in [0.25, 0.3) is 32.5 Å². The number of piperazine rings is 1. The molecule has 0 spiro atoms. The molecule has 16 heteroatoms. The van der Waals surface area contributed by atoms with E-state index in [4.69, 9.17) is 33.7 Å². The number of unbranched alkanes of at least 4 members (excludes halogenated alkanes) is 1. The first-order valence-corrected chi connectivity index (χ1v) is 22.5. The largest absolute Gasteiger partial charge is 0.386 e. The molecule has 2 saturated heterocycles. The molecule has 2 aliphatic rings. The molecule has 4 aromatic heterocycles. The maximum absolute atomic E-state index is 13.8. The SMILES string of the molecule is C#CCSc1nc(NCCN)c2nnn(Cc3ccc(Cl)c(-c4cc(N5C[C@H]6CC[C@@H](C5)N6)ccc4CCNC(=O)c4sc5nc(CCCC)ccc5c4NC)c3)c2n1. The van der Waals surface area contributed by atoms with Gasteiger partial charge in [-0.05, 0) is 85.2 Å². The highest BCUT2D eigenvalue weighted by molar-refractivity contribution is 7.99. The van der Waals surface area contributed by atoms with Crippen molar-refractivity contribution in [1.29, 1.82) is 0 Å². The first kappa shape index (κ1) is 40.8. The van der Waals surface area contributed by atoms with E-state index < -0.39 is 0 Å². The minimum Gasteiger partial charge on any atom is -0.386 e. The molecule has 59 heavy (non-hydrogen) atoms. The van der Waals surface area contributed by atoms with Crippen molar-refractivity contribution in [3.05, 3.63) is 75.3 Å². The van der Waals surface area contributed by atoms with E-state index >= 15 is 0 Å². The lowest BCUT2D eigenvalue weighted by Crippen LogP contribution is -2.51. The number of amides is 1. The molecule has 6 heterocycles. The number of thioether (sulfide) groups is 1. The summed E-state index contributed by atoms with van der Waals surface area (Å²) in [6, 6.07) is 17.9. The van der Waals surface area contributed by atoms with E-state index in [0.29, 0.717) is 82.5 Å². The molecule has 0 aliphatic carbocycles. The Morgan fingerprint density at radius 1 is 1.07 bits per heavy atom. The first-order valence-electron chi connectivity index (χ1n) is 20.3. The molecule has 6 N–H and O–H groups in total. The zero-order valence-electron chi connectivity index (χ0n) is 33.4. The summed E-state index contributed by atoms with van der Waals surface area (Å²) >= 11 is 9.91. The van der Waals surface area contributed by atoms with Gasteiger partial charge in [-0.15, -0.1) is 22.9 Å². The predicted octanol–water partition coefficient (Wildman–Crippen LogP) is 6.59. The highest BCUT2D eigenvalue weighted by Gasteiger charge is 2.32. The van der Waals surface area contributed by atoms with Crippen LogP contribution in [-0.2, 0) is 19.4 Å². The molecule has 2 bridgehead atoms.